The van der Waals surface area contributed by atoms with Crippen LogP contribution in [0.5, 0.6) is 0 Å². The molecule has 0 bridgehead atoms. The van der Waals surface area contributed by atoms with Gasteiger partial charge < -0.3 is 9.73 Å². The number of allylic oxidation sites excluding steroid dienone is 1. The fourth-order valence-electron chi connectivity index (χ4n) is 2.41. The zero-order valence-electron chi connectivity index (χ0n) is 12.7. The Morgan fingerprint density at radius 3 is 2.67 bits per heavy atom. The highest BCUT2D eigenvalue weighted by Gasteiger charge is 2.15. The predicted molar refractivity (Wildman–Crippen MR) is 98.5 cm³/mol. The Labute approximate surface area is 146 Å². The second-order valence-corrected chi connectivity index (χ2v) is 6.15. The molecule has 0 saturated heterocycles. The van der Waals surface area contributed by atoms with Gasteiger partial charge in [0, 0.05) is 15.5 Å². The molecule has 4 nitrogen and oxygen atoms in total. The molecule has 24 heavy (non-hydrogen) atoms. The van der Waals surface area contributed by atoms with Crippen molar-refractivity contribution in [2.24, 2.45) is 0 Å². The van der Waals surface area contributed by atoms with Gasteiger partial charge in [0.25, 0.3) is 5.91 Å². The van der Waals surface area contributed by atoms with Crippen LogP contribution in [0.1, 0.15) is 15.9 Å². The van der Waals surface area contributed by atoms with Gasteiger partial charge in [-0.2, -0.15) is 0 Å². The van der Waals surface area contributed by atoms with Gasteiger partial charge in [-0.1, -0.05) is 40.2 Å². The average molecular weight is 384 g/mol. The van der Waals surface area contributed by atoms with E-state index in [1.807, 2.05) is 12.1 Å². The summed E-state index contributed by atoms with van der Waals surface area (Å²) in [5.74, 6) is -0.498. The first-order valence-corrected chi connectivity index (χ1v) is 8.11. The lowest BCUT2D eigenvalue weighted by Crippen LogP contribution is -2.20. The van der Waals surface area contributed by atoms with E-state index in [9.17, 15) is 9.59 Å². The lowest BCUT2D eigenvalue weighted by atomic mass is 10.1. The molecule has 5 heteroatoms. The van der Waals surface area contributed by atoms with E-state index in [0.29, 0.717) is 23.1 Å². The number of carbonyl (C=O) groups is 1. The number of rotatable bonds is 4. The molecule has 1 N–H and O–H groups in total. The number of amides is 1. The van der Waals surface area contributed by atoms with Crippen LogP contribution in [0.2, 0.25) is 0 Å². The quantitative estimate of drug-likeness (QED) is 0.531. The molecule has 0 aliphatic heterocycles. The normalized spacial score (nSPS) is 10.5. The molecular formula is C19H14BrNO3. The van der Waals surface area contributed by atoms with Crippen LogP contribution in [0.4, 0.5) is 5.69 Å². The number of benzene rings is 2. The van der Waals surface area contributed by atoms with E-state index >= 15 is 0 Å². The fraction of sp³-hybridized carbons (Fsp3) is 0.0526. The largest absolute Gasteiger partial charge is 0.422 e. The van der Waals surface area contributed by atoms with Crippen LogP contribution >= 0.6 is 15.9 Å². The van der Waals surface area contributed by atoms with Crippen molar-refractivity contribution in [1.82, 2.24) is 0 Å². The predicted octanol–water partition coefficient (Wildman–Crippen LogP) is 4.54. The maximum Gasteiger partial charge on any atom is 0.349 e. The van der Waals surface area contributed by atoms with E-state index in [2.05, 4.69) is 27.8 Å². The van der Waals surface area contributed by atoms with Gasteiger partial charge in [-0.3, -0.25) is 4.79 Å². The molecule has 0 unspecified atom stereocenters. The Balaban J connectivity index is 1.98. The van der Waals surface area contributed by atoms with E-state index in [1.165, 1.54) is 0 Å². The first-order chi connectivity index (χ1) is 11.6. The zero-order valence-corrected chi connectivity index (χ0v) is 14.3. The van der Waals surface area contributed by atoms with E-state index in [-0.39, 0.29) is 5.56 Å². The topological polar surface area (TPSA) is 59.3 Å². The Morgan fingerprint density at radius 2 is 1.96 bits per heavy atom. The lowest BCUT2D eigenvalue weighted by molar-refractivity contribution is 0.102. The number of hydrogen-bond acceptors (Lipinski definition) is 3. The van der Waals surface area contributed by atoms with E-state index in [4.69, 9.17) is 4.42 Å². The summed E-state index contributed by atoms with van der Waals surface area (Å²) in [5.41, 5.74) is 1.26. The maximum atomic E-state index is 12.4. The van der Waals surface area contributed by atoms with Gasteiger partial charge in [0.15, 0.2) is 0 Å². The number of hydrogen-bond donors (Lipinski definition) is 1. The van der Waals surface area contributed by atoms with Crippen LogP contribution in [-0.4, -0.2) is 5.91 Å². The molecule has 3 aromatic rings. The molecule has 1 aromatic heterocycles. The number of anilines is 1. The summed E-state index contributed by atoms with van der Waals surface area (Å²) >= 11 is 3.33. The van der Waals surface area contributed by atoms with Crippen LogP contribution in [0.15, 0.2) is 74.9 Å². The second-order valence-electron chi connectivity index (χ2n) is 5.24. The summed E-state index contributed by atoms with van der Waals surface area (Å²) < 4.78 is 6.29. The van der Waals surface area contributed by atoms with Crippen LogP contribution in [0.3, 0.4) is 0 Å². The highest BCUT2D eigenvalue weighted by molar-refractivity contribution is 9.10. The Hall–Kier alpha value is -2.66. The van der Waals surface area contributed by atoms with Gasteiger partial charge in [0.1, 0.15) is 11.1 Å². The monoisotopic (exact) mass is 383 g/mol. The van der Waals surface area contributed by atoms with Crippen molar-refractivity contribution in [2.75, 3.05) is 5.32 Å². The minimum atomic E-state index is -0.659. The fourth-order valence-corrected chi connectivity index (χ4v) is 2.68. The summed E-state index contributed by atoms with van der Waals surface area (Å²) in [6.07, 6.45) is 2.33. The molecule has 0 atom stereocenters. The Morgan fingerprint density at radius 1 is 1.21 bits per heavy atom. The SMILES string of the molecule is C=CCc1cccc2cc(C(=O)Nc3ccc(Br)cc3)c(=O)oc12. The van der Waals surface area contributed by atoms with Gasteiger partial charge in [0.05, 0.1) is 0 Å². The molecular weight excluding hydrogens is 370 g/mol. The number of fused-ring (bicyclic) bond motifs is 1. The standard InChI is InChI=1S/C19H14BrNO3/c1-2-4-12-5-3-6-13-11-16(19(23)24-17(12)13)18(22)21-15-9-7-14(20)8-10-15/h2-3,5-11H,1,4H2,(H,21,22). The summed E-state index contributed by atoms with van der Waals surface area (Å²) in [6.45, 7) is 3.70. The third kappa shape index (κ3) is 3.31. The number of para-hydroxylation sites is 1. The number of carbonyl (C=O) groups excluding carboxylic acids is 1. The average Bonchev–Trinajstić information content (AvgIpc) is 2.57. The van der Waals surface area contributed by atoms with Crippen LogP contribution in [0, 0.1) is 0 Å². The van der Waals surface area contributed by atoms with Gasteiger partial charge >= 0.3 is 5.63 Å². The van der Waals surface area contributed by atoms with E-state index in [0.717, 1.165) is 10.0 Å². The number of halogens is 1. The molecule has 1 heterocycles. The Bertz CT molecular complexity index is 974. The van der Waals surface area contributed by atoms with Crippen molar-refractivity contribution >= 4 is 38.5 Å². The molecule has 120 valence electrons. The van der Waals surface area contributed by atoms with Gasteiger partial charge in [-0.25, -0.2) is 4.79 Å². The maximum absolute atomic E-state index is 12.4. The highest BCUT2D eigenvalue weighted by Crippen LogP contribution is 2.20. The molecule has 0 spiro atoms. The van der Waals surface area contributed by atoms with Crippen molar-refractivity contribution in [3.05, 3.63) is 87.2 Å². The van der Waals surface area contributed by atoms with Crippen molar-refractivity contribution < 1.29 is 9.21 Å². The molecule has 0 aliphatic rings. The summed E-state index contributed by atoms with van der Waals surface area (Å²) in [4.78, 5) is 24.6. The summed E-state index contributed by atoms with van der Waals surface area (Å²) in [6, 6.07) is 14.2. The van der Waals surface area contributed by atoms with Crippen molar-refractivity contribution in [2.45, 2.75) is 6.42 Å². The summed E-state index contributed by atoms with van der Waals surface area (Å²) in [7, 11) is 0. The van der Waals surface area contributed by atoms with Crippen LogP contribution < -0.4 is 10.9 Å². The molecule has 3 rings (SSSR count). The lowest BCUT2D eigenvalue weighted by Gasteiger charge is -2.07. The third-order valence-electron chi connectivity index (χ3n) is 3.55. The summed E-state index contributed by atoms with van der Waals surface area (Å²) in [5, 5.41) is 3.40. The smallest absolute Gasteiger partial charge is 0.349 e. The number of nitrogens with one attached hydrogen (secondary N) is 1. The first kappa shape index (κ1) is 16.2. The van der Waals surface area contributed by atoms with Crippen molar-refractivity contribution in [3.8, 4) is 0 Å². The second kappa shape index (κ2) is 6.84. The van der Waals surface area contributed by atoms with E-state index < -0.39 is 11.5 Å². The molecule has 0 fully saturated rings. The minimum Gasteiger partial charge on any atom is -0.422 e. The molecule has 0 saturated carbocycles. The minimum absolute atomic E-state index is 0.0267. The molecule has 1 amide bonds. The third-order valence-corrected chi connectivity index (χ3v) is 4.08. The zero-order chi connectivity index (χ0) is 17.1. The van der Waals surface area contributed by atoms with Crippen molar-refractivity contribution in [3.63, 3.8) is 0 Å². The first-order valence-electron chi connectivity index (χ1n) is 7.32. The molecule has 2 aromatic carbocycles. The molecule has 0 radical (unpaired) electrons. The van der Waals surface area contributed by atoms with Crippen molar-refractivity contribution in [1.29, 1.82) is 0 Å². The van der Waals surface area contributed by atoms with E-state index in [1.54, 1.807) is 42.5 Å². The highest BCUT2D eigenvalue weighted by atomic mass is 79.9. The van der Waals surface area contributed by atoms with Gasteiger partial charge in [0.2, 0.25) is 0 Å². The van der Waals surface area contributed by atoms with Crippen LogP contribution in [0.25, 0.3) is 11.0 Å². The molecule has 0 aliphatic carbocycles. The van der Waals surface area contributed by atoms with Crippen LogP contribution in [-0.2, 0) is 6.42 Å². The van der Waals surface area contributed by atoms with Gasteiger partial charge in [-0.05, 0) is 42.3 Å². The van der Waals surface area contributed by atoms with Gasteiger partial charge in [-0.15, -0.1) is 6.58 Å². The Kier molecular flexibility index (Phi) is 4.62.